The summed E-state index contributed by atoms with van der Waals surface area (Å²) in [4.78, 5) is 0. The molecular weight excluding hydrogens is 262 g/mol. The highest BCUT2D eigenvalue weighted by Crippen LogP contribution is 2.13. The van der Waals surface area contributed by atoms with Gasteiger partial charge in [-0.2, -0.15) is 0 Å². The summed E-state index contributed by atoms with van der Waals surface area (Å²) in [6, 6.07) is 6.15. The van der Waals surface area contributed by atoms with Gasteiger partial charge in [-0.1, -0.05) is 23.7 Å². The Bertz CT molecular complexity index is 444. The predicted octanol–water partition coefficient (Wildman–Crippen LogP) is 0.965. The minimum absolute atomic E-state index is 0.0523. The first kappa shape index (κ1) is 14.4. The van der Waals surface area contributed by atoms with Gasteiger partial charge in [0.2, 0.25) is 0 Å². The highest BCUT2D eigenvalue weighted by atomic mass is 35.5. The van der Waals surface area contributed by atoms with E-state index in [2.05, 4.69) is 0 Å². The van der Waals surface area contributed by atoms with Crippen LogP contribution in [0.25, 0.3) is 0 Å². The number of aliphatic hydroxyl groups excluding tert-OH is 1. The van der Waals surface area contributed by atoms with Gasteiger partial charge in [-0.15, -0.1) is 0 Å². The highest BCUT2D eigenvalue weighted by Gasteiger charge is 2.16. The molecule has 0 aliphatic carbocycles. The quantitative estimate of drug-likeness (QED) is 0.812. The van der Waals surface area contributed by atoms with Crippen molar-refractivity contribution in [3.63, 3.8) is 0 Å². The van der Waals surface area contributed by atoms with Crippen molar-refractivity contribution < 1.29 is 13.5 Å². The molecule has 4 nitrogen and oxygen atoms in total. The predicted molar refractivity (Wildman–Crippen MR) is 68.6 cm³/mol. The van der Waals surface area contributed by atoms with Crippen LogP contribution in [0.5, 0.6) is 0 Å². The van der Waals surface area contributed by atoms with E-state index in [1.54, 1.807) is 24.3 Å². The molecule has 0 spiro atoms. The molecule has 0 bridgehead atoms. The van der Waals surface area contributed by atoms with Gasteiger partial charge >= 0.3 is 0 Å². The Morgan fingerprint density at radius 2 is 1.88 bits per heavy atom. The highest BCUT2D eigenvalue weighted by molar-refractivity contribution is 7.90. The molecule has 1 aromatic rings. The first-order valence-corrected chi connectivity index (χ1v) is 7.44. The van der Waals surface area contributed by atoms with Gasteiger partial charge in [-0.3, -0.25) is 0 Å². The number of rotatable bonds is 6. The molecular formula is C11H16ClNO3S. The lowest BCUT2D eigenvalue weighted by atomic mass is 10.2. The van der Waals surface area contributed by atoms with Crippen molar-refractivity contribution in [3.05, 3.63) is 34.9 Å². The van der Waals surface area contributed by atoms with Gasteiger partial charge in [0.15, 0.2) is 9.84 Å². The Hall–Kier alpha value is -0.620. The van der Waals surface area contributed by atoms with E-state index in [0.29, 0.717) is 17.0 Å². The summed E-state index contributed by atoms with van der Waals surface area (Å²) in [7, 11) is -3.25. The third-order valence-electron chi connectivity index (χ3n) is 2.27. The fourth-order valence-corrected chi connectivity index (χ4v) is 3.23. The third-order valence-corrected chi connectivity index (χ3v) is 4.23. The van der Waals surface area contributed by atoms with Gasteiger partial charge < -0.3 is 10.8 Å². The largest absolute Gasteiger partial charge is 0.396 e. The minimum atomic E-state index is -3.25. The van der Waals surface area contributed by atoms with E-state index in [0.717, 1.165) is 0 Å². The van der Waals surface area contributed by atoms with Crippen LogP contribution < -0.4 is 5.73 Å². The fraction of sp³-hybridized carbons (Fsp3) is 0.455. The molecule has 96 valence electrons. The molecule has 3 N–H and O–H groups in total. The Morgan fingerprint density at radius 1 is 1.29 bits per heavy atom. The number of sulfone groups is 1. The number of halogens is 1. The first-order chi connectivity index (χ1) is 7.93. The van der Waals surface area contributed by atoms with Crippen LogP contribution in [-0.2, 0) is 15.6 Å². The van der Waals surface area contributed by atoms with Crippen LogP contribution in [0.2, 0.25) is 5.02 Å². The summed E-state index contributed by atoms with van der Waals surface area (Å²) in [5.41, 5.74) is 6.27. The maximum Gasteiger partial charge on any atom is 0.155 e. The van der Waals surface area contributed by atoms with Crippen LogP contribution in [0.1, 0.15) is 12.0 Å². The van der Waals surface area contributed by atoms with Crippen molar-refractivity contribution >= 4 is 21.4 Å². The normalized spacial score (nSPS) is 13.6. The monoisotopic (exact) mass is 277 g/mol. The van der Waals surface area contributed by atoms with Crippen molar-refractivity contribution in [3.8, 4) is 0 Å². The van der Waals surface area contributed by atoms with Crippen molar-refractivity contribution in [2.45, 2.75) is 18.2 Å². The smallest absolute Gasteiger partial charge is 0.155 e. The third kappa shape index (κ3) is 5.50. The second kappa shape index (κ2) is 6.35. The molecule has 1 rings (SSSR count). The lowest BCUT2D eigenvalue weighted by Gasteiger charge is -2.10. The maximum absolute atomic E-state index is 11.8. The molecule has 0 saturated heterocycles. The van der Waals surface area contributed by atoms with Gasteiger partial charge in [-0.05, 0) is 24.1 Å². The van der Waals surface area contributed by atoms with Gasteiger partial charge in [0, 0.05) is 17.7 Å². The zero-order chi connectivity index (χ0) is 12.9. The molecule has 0 aliphatic rings. The summed E-state index contributed by atoms with van der Waals surface area (Å²) >= 11 is 5.71. The number of hydrogen-bond donors (Lipinski definition) is 2. The molecule has 0 amide bonds. The lowest BCUT2D eigenvalue weighted by Crippen LogP contribution is -2.31. The van der Waals surface area contributed by atoms with Crippen LogP contribution in [-0.4, -0.2) is 31.9 Å². The zero-order valence-electron chi connectivity index (χ0n) is 9.34. The second-order valence-corrected chi connectivity index (χ2v) is 6.50. The molecule has 0 aliphatic heterocycles. The summed E-state index contributed by atoms with van der Waals surface area (Å²) in [5, 5.41) is 9.24. The van der Waals surface area contributed by atoms with Crippen molar-refractivity contribution in [1.29, 1.82) is 0 Å². The van der Waals surface area contributed by atoms with Crippen LogP contribution in [0.4, 0.5) is 0 Å². The number of hydrogen-bond acceptors (Lipinski definition) is 4. The average Bonchev–Trinajstić information content (AvgIpc) is 2.20. The molecule has 1 atom stereocenters. The molecule has 1 aromatic carbocycles. The molecule has 0 fully saturated rings. The van der Waals surface area contributed by atoms with E-state index < -0.39 is 15.9 Å². The van der Waals surface area contributed by atoms with Crippen molar-refractivity contribution in [1.82, 2.24) is 0 Å². The Balaban J connectivity index is 2.63. The summed E-state index contributed by atoms with van der Waals surface area (Å²) in [5.74, 6) is -0.167. The minimum Gasteiger partial charge on any atom is -0.396 e. The van der Waals surface area contributed by atoms with Crippen LogP contribution in [0, 0.1) is 0 Å². The van der Waals surface area contributed by atoms with Gasteiger partial charge in [0.1, 0.15) is 0 Å². The van der Waals surface area contributed by atoms with E-state index >= 15 is 0 Å². The van der Waals surface area contributed by atoms with Gasteiger partial charge in [0.05, 0.1) is 11.5 Å². The van der Waals surface area contributed by atoms with Gasteiger partial charge in [0.25, 0.3) is 0 Å². The Morgan fingerprint density at radius 3 is 2.41 bits per heavy atom. The van der Waals surface area contributed by atoms with Crippen molar-refractivity contribution in [2.24, 2.45) is 5.73 Å². The number of nitrogens with two attached hydrogens (primary N) is 1. The topological polar surface area (TPSA) is 80.4 Å². The van der Waals surface area contributed by atoms with Crippen LogP contribution in [0.15, 0.2) is 24.3 Å². The molecule has 0 heterocycles. The van der Waals surface area contributed by atoms with Crippen molar-refractivity contribution in [2.75, 3.05) is 12.4 Å². The van der Waals surface area contributed by atoms with E-state index in [9.17, 15) is 8.42 Å². The molecule has 17 heavy (non-hydrogen) atoms. The van der Waals surface area contributed by atoms with E-state index in [1.165, 1.54) is 0 Å². The zero-order valence-corrected chi connectivity index (χ0v) is 10.9. The molecule has 0 saturated carbocycles. The molecule has 1 unspecified atom stereocenters. The maximum atomic E-state index is 11.8. The van der Waals surface area contributed by atoms with Crippen LogP contribution in [0.3, 0.4) is 0 Å². The second-order valence-electron chi connectivity index (χ2n) is 3.95. The number of aliphatic hydroxyl groups is 1. The fourth-order valence-electron chi connectivity index (χ4n) is 1.47. The summed E-state index contributed by atoms with van der Waals surface area (Å²) in [6.45, 7) is -0.0996. The van der Waals surface area contributed by atoms with Crippen LogP contribution >= 0.6 is 11.6 Å². The van der Waals surface area contributed by atoms with E-state index in [-0.39, 0.29) is 18.1 Å². The van der Waals surface area contributed by atoms with Gasteiger partial charge in [-0.25, -0.2) is 8.42 Å². The van der Waals surface area contributed by atoms with E-state index in [4.69, 9.17) is 22.4 Å². The standard InChI is InChI=1S/C11H16ClNO3S/c12-10-3-1-9(2-4-10)7-17(15,16)8-11(13)5-6-14/h1-4,11,14H,5-8,13H2. The molecule has 0 radical (unpaired) electrons. The molecule has 0 aromatic heterocycles. The number of benzene rings is 1. The SMILES string of the molecule is NC(CCO)CS(=O)(=O)Cc1ccc(Cl)cc1. The van der Waals surface area contributed by atoms with E-state index in [1.807, 2.05) is 0 Å². The first-order valence-electron chi connectivity index (χ1n) is 5.24. The summed E-state index contributed by atoms with van der Waals surface area (Å²) in [6.07, 6.45) is 0.292. The Labute approximate surface area is 106 Å². The Kier molecular flexibility index (Phi) is 5.39. The average molecular weight is 278 g/mol. The summed E-state index contributed by atoms with van der Waals surface area (Å²) < 4.78 is 23.6. The molecule has 6 heteroatoms. The lowest BCUT2D eigenvalue weighted by molar-refractivity contribution is 0.279.